The van der Waals surface area contributed by atoms with Gasteiger partial charge in [-0.05, 0) is 62.2 Å². The van der Waals surface area contributed by atoms with Gasteiger partial charge in [-0.3, -0.25) is 0 Å². The van der Waals surface area contributed by atoms with Gasteiger partial charge in [0.2, 0.25) is 5.95 Å². The zero-order valence-electron chi connectivity index (χ0n) is 18.9. The number of benzene rings is 2. The second-order valence-corrected chi connectivity index (χ2v) is 7.45. The molecule has 4 rings (SSSR count). The summed E-state index contributed by atoms with van der Waals surface area (Å²) in [6, 6.07) is 15.6. The largest absolute Gasteiger partial charge is 0.493 e. The van der Waals surface area contributed by atoms with Crippen molar-refractivity contribution in [2.45, 2.75) is 27.2 Å². The Morgan fingerprint density at radius 3 is 2.34 bits per heavy atom. The van der Waals surface area contributed by atoms with E-state index in [0.717, 1.165) is 39.7 Å². The first-order valence-electron chi connectivity index (χ1n) is 10.4. The minimum absolute atomic E-state index is 0.454. The predicted molar refractivity (Wildman–Crippen MR) is 125 cm³/mol. The van der Waals surface area contributed by atoms with Crippen LogP contribution in [0.1, 0.15) is 23.9 Å². The average molecular weight is 431 g/mol. The Balaban J connectivity index is 1.88. The lowest BCUT2D eigenvalue weighted by Gasteiger charge is -2.10. The van der Waals surface area contributed by atoms with Crippen molar-refractivity contribution >= 4 is 16.9 Å². The third kappa shape index (κ3) is 4.42. The number of rotatable bonds is 6. The van der Waals surface area contributed by atoms with Crippen LogP contribution in [-0.4, -0.2) is 24.2 Å². The van der Waals surface area contributed by atoms with E-state index < -0.39 is 0 Å². The minimum Gasteiger partial charge on any atom is -0.493 e. The quantitative estimate of drug-likeness (QED) is 0.433. The summed E-state index contributed by atoms with van der Waals surface area (Å²) >= 11 is 0. The highest BCUT2D eigenvalue weighted by Crippen LogP contribution is 2.32. The molecule has 4 aromatic rings. The molecule has 0 aliphatic heterocycles. The van der Waals surface area contributed by atoms with Gasteiger partial charge in [0.1, 0.15) is 11.3 Å². The fourth-order valence-corrected chi connectivity index (χ4v) is 3.55. The van der Waals surface area contributed by atoms with E-state index in [0.29, 0.717) is 23.2 Å². The highest BCUT2D eigenvalue weighted by molar-refractivity contribution is 5.79. The molecule has 32 heavy (non-hydrogen) atoms. The van der Waals surface area contributed by atoms with Gasteiger partial charge < -0.3 is 13.9 Å². The molecule has 164 valence electrons. The SMILES string of the molecule is CCc1ccc2oc(-c3ccc(OC)c(OC)c3)c/c(=N\Nc3nc(C)cc(C)n3)c2c1. The highest BCUT2D eigenvalue weighted by Gasteiger charge is 2.11. The summed E-state index contributed by atoms with van der Waals surface area (Å²) in [6.45, 7) is 5.98. The molecule has 0 bridgehead atoms. The summed E-state index contributed by atoms with van der Waals surface area (Å²) in [5.41, 5.74) is 7.55. The third-order valence-electron chi connectivity index (χ3n) is 5.14. The standard InChI is InChI=1S/C25H26N4O3/c1-6-17-7-9-21-19(12-17)20(28-29-25-26-15(2)11-16(3)27-25)14-23(32-21)18-8-10-22(30-4)24(13-18)31-5/h7-14H,6H2,1-5H3,(H,26,27,29)/b28-20+. The van der Waals surface area contributed by atoms with Crippen molar-refractivity contribution in [3.63, 3.8) is 0 Å². The number of aryl methyl sites for hydroxylation is 3. The van der Waals surface area contributed by atoms with Crippen LogP contribution < -0.4 is 20.3 Å². The molecule has 0 aliphatic carbocycles. The molecule has 0 atom stereocenters. The molecule has 0 saturated heterocycles. The van der Waals surface area contributed by atoms with Gasteiger partial charge in [-0.1, -0.05) is 13.0 Å². The molecule has 0 saturated carbocycles. The molecule has 1 N–H and O–H groups in total. The van der Waals surface area contributed by atoms with E-state index in [1.54, 1.807) is 14.2 Å². The van der Waals surface area contributed by atoms with Crippen LogP contribution in [0.25, 0.3) is 22.3 Å². The summed E-state index contributed by atoms with van der Waals surface area (Å²) in [5.74, 6) is 2.39. The van der Waals surface area contributed by atoms with E-state index in [-0.39, 0.29) is 0 Å². The third-order valence-corrected chi connectivity index (χ3v) is 5.14. The number of ether oxygens (including phenoxy) is 2. The van der Waals surface area contributed by atoms with Gasteiger partial charge >= 0.3 is 0 Å². The Morgan fingerprint density at radius 1 is 0.906 bits per heavy atom. The molecule has 2 heterocycles. The Labute approximate surface area is 186 Å². The first-order valence-corrected chi connectivity index (χ1v) is 10.4. The summed E-state index contributed by atoms with van der Waals surface area (Å²) in [5, 5.41) is 6.27. The van der Waals surface area contributed by atoms with Crippen molar-refractivity contribution < 1.29 is 13.9 Å². The van der Waals surface area contributed by atoms with Crippen molar-refractivity contribution in [2.24, 2.45) is 5.10 Å². The van der Waals surface area contributed by atoms with Crippen LogP contribution in [0.5, 0.6) is 11.5 Å². The summed E-state index contributed by atoms with van der Waals surface area (Å²) in [4.78, 5) is 8.83. The minimum atomic E-state index is 0.454. The molecule has 2 aromatic heterocycles. The number of hydrogen-bond acceptors (Lipinski definition) is 7. The van der Waals surface area contributed by atoms with Crippen LogP contribution in [0.15, 0.2) is 58.0 Å². The smallest absolute Gasteiger partial charge is 0.243 e. The van der Waals surface area contributed by atoms with Crippen molar-refractivity contribution in [3.8, 4) is 22.8 Å². The van der Waals surface area contributed by atoms with Crippen molar-refractivity contribution in [3.05, 3.63) is 70.8 Å². The lowest BCUT2D eigenvalue weighted by Crippen LogP contribution is -2.09. The summed E-state index contributed by atoms with van der Waals surface area (Å²) < 4.78 is 17.0. The molecule has 2 aromatic carbocycles. The van der Waals surface area contributed by atoms with Crippen LogP contribution in [0.3, 0.4) is 0 Å². The zero-order chi connectivity index (χ0) is 22.7. The Morgan fingerprint density at radius 2 is 1.66 bits per heavy atom. The number of nitrogens with one attached hydrogen (secondary N) is 1. The normalized spacial score (nSPS) is 11.6. The van der Waals surface area contributed by atoms with Gasteiger partial charge in [0.25, 0.3) is 0 Å². The van der Waals surface area contributed by atoms with Crippen LogP contribution in [0.2, 0.25) is 0 Å². The Hall–Kier alpha value is -3.87. The van der Waals surface area contributed by atoms with Crippen molar-refractivity contribution in [2.75, 3.05) is 19.6 Å². The highest BCUT2D eigenvalue weighted by atomic mass is 16.5. The van der Waals surface area contributed by atoms with Crippen molar-refractivity contribution in [1.29, 1.82) is 0 Å². The molecule has 0 fully saturated rings. The topological polar surface area (TPSA) is 81.8 Å². The van der Waals surface area contributed by atoms with Gasteiger partial charge in [-0.25, -0.2) is 15.4 Å². The molecule has 0 aliphatic rings. The first-order chi connectivity index (χ1) is 15.5. The maximum atomic E-state index is 6.24. The number of fused-ring (bicyclic) bond motifs is 1. The van der Waals surface area contributed by atoms with Gasteiger partial charge in [-0.15, -0.1) is 0 Å². The maximum absolute atomic E-state index is 6.24. The number of anilines is 1. The lowest BCUT2D eigenvalue weighted by atomic mass is 10.1. The molecule has 0 radical (unpaired) electrons. The Kier molecular flexibility index (Phi) is 6.07. The van der Waals surface area contributed by atoms with Crippen LogP contribution in [-0.2, 0) is 6.42 Å². The van der Waals surface area contributed by atoms with E-state index in [1.807, 2.05) is 50.2 Å². The average Bonchev–Trinajstić information content (AvgIpc) is 2.80. The second kappa shape index (κ2) is 9.09. The van der Waals surface area contributed by atoms with E-state index in [2.05, 4.69) is 39.6 Å². The lowest BCUT2D eigenvalue weighted by molar-refractivity contribution is 0.355. The van der Waals surface area contributed by atoms with Gasteiger partial charge in [-0.2, -0.15) is 5.10 Å². The number of methoxy groups -OCH3 is 2. The fourth-order valence-electron chi connectivity index (χ4n) is 3.55. The monoisotopic (exact) mass is 430 g/mol. The van der Waals surface area contributed by atoms with Gasteiger partial charge in [0, 0.05) is 28.4 Å². The second-order valence-electron chi connectivity index (χ2n) is 7.45. The van der Waals surface area contributed by atoms with Gasteiger partial charge in [0.05, 0.1) is 19.6 Å². The molecule has 7 heteroatoms. The van der Waals surface area contributed by atoms with Gasteiger partial charge in [0.15, 0.2) is 11.5 Å². The maximum Gasteiger partial charge on any atom is 0.243 e. The summed E-state index contributed by atoms with van der Waals surface area (Å²) in [7, 11) is 3.22. The molecular weight excluding hydrogens is 404 g/mol. The number of hydrogen-bond donors (Lipinski definition) is 1. The predicted octanol–water partition coefficient (Wildman–Crippen LogP) is 5.01. The van der Waals surface area contributed by atoms with Crippen molar-refractivity contribution in [1.82, 2.24) is 9.97 Å². The fraction of sp³-hybridized carbons (Fsp3) is 0.240. The number of nitrogens with zero attached hydrogens (tertiary/aromatic N) is 3. The molecule has 0 unspecified atom stereocenters. The molecule has 0 spiro atoms. The summed E-state index contributed by atoms with van der Waals surface area (Å²) in [6.07, 6.45) is 0.917. The molecular formula is C25H26N4O3. The molecule has 0 amide bonds. The van der Waals surface area contributed by atoms with Crippen LogP contribution in [0.4, 0.5) is 5.95 Å². The Bertz CT molecular complexity index is 1320. The van der Waals surface area contributed by atoms with E-state index in [4.69, 9.17) is 13.9 Å². The van der Waals surface area contributed by atoms with E-state index in [1.165, 1.54) is 5.56 Å². The van der Waals surface area contributed by atoms with E-state index >= 15 is 0 Å². The zero-order valence-corrected chi connectivity index (χ0v) is 18.9. The first kappa shape index (κ1) is 21.4. The van der Waals surface area contributed by atoms with E-state index in [9.17, 15) is 0 Å². The molecule has 7 nitrogen and oxygen atoms in total. The number of aromatic nitrogens is 2. The van der Waals surface area contributed by atoms with Crippen LogP contribution >= 0.6 is 0 Å². The van der Waals surface area contributed by atoms with Crippen LogP contribution in [0, 0.1) is 13.8 Å².